The number of hydrogen-bond acceptors (Lipinski definition) is 5. The topological polar surface area (TPSA) is 64.0 Å². The summed E-state index contributed by atoms with van der Waals surface area (Å²) in [5.74, 6) is -0.611. The zero-order valence-corrected chi connectivity index (χ0v) is 19.6. The van der Waals surface area contributed by atoms with E-state index in [2.05, 4.69) is 5.32 Å². The van der Waals surface area contributed by atoms with E-state index in [1.165, 1.54) is 29.2 Å². The zero-order chi connectivity index (χ0) is 22.8. The summed E-state index contributed by atoms with van der Waals surface area (Å²) in [5, 5.41) is 5.14. The first-order valence-electron chi connectivity index (χ1n) is 10.1. The Morgan fingerprint density at radius 1 is 1.19 bits per heavy atom. The number of amides is 1. The molecule has 2 aromatic heterocycles. The largest absolute Gasteiger partial charge is 0.325 e. The zero-order valence-electron chi connectivity index (χ0n) is 17.9. The summed E-state index contributed by atoms with van der Waals surface area (Å²) in [6.07, 6.45) is 0. The van der Waals surface area contributed by atoms with Crippen LogP contribution in [-0.4, -0.2) is 21.2 Å². The standard InChI is InChI=1S/C24H22FN3O2S2/c1-4-28-23(30)22-21(18(12-31-22)16-8-5-14(2)6-9-16)27-24(28)32-13-20(29)26-17-10-7-15(3)19(25)11-17/h5-12H,4,13H2,1-3H3,(H,26,29). The lowest BCUT2D eigenvalue weighted by Gasteiger charge is -2.11. The number of halogens is 1. The Morgan fingerprint density at radius 3 is 2.62 bits per heavy atom. The van der Waals surface area contributed by atoms with E-state index in [1.54, 1.807) is 23.6 Å². The molecule has 5 nitrogen and oxygen atoms in total. The molecule has 2 heterocycles. The van der Waals surface area contributed by atoms with Gasteiger partial charge in [-0.05, 0) is 44.0 Å². The Labute approximate surface area is 193 Å². The van der Waals surface area contributed by atoms with E-state index < -0.39 is 0 Å². The maximum atomic E-state index is 13.7. The molecule has 8 heteroatoms. The van der Waals surface area contributed by atoms with Crippen LogP contribution in [0.25, 0.3) is 21.3 Å². The van der Waals surface area contributed by atoms with Crippen molar-refractivity contribution in [3.63, 3.8) is 0 Å². The van der Waals surface area contributed by atoms with Crippen LogP contribution >= 0.6 is 23.1 Å². The molecule has 2 aromatic carbocycles. The van der Waals surface area contributed by atoms with Crippen LogP contribution in [0.3, 0.4) is 0 Å². The molecule has 0 radical (unpaired) electrons. The predicted molar refractivity (Wildman–Crippen MR) is 130 cm³/mol. The highest BCUT2D eigenvalue weighted by atomic mass is 32.2. The van der Waals surface area contributed by atoms with E-state index in [4.69, 9.17) is 4.98 Å². The number of hydrogen-bond donors (Lipinski definition) is 1. The van der Waals surface area contributed by atoms with Crippen LogP contribution in [-0.2, 0) is 11.3 Å². The van der Waals surface area contributed by atoms with Crippen molar-refractivity contribution in [1.29, 1.82) is 0 Å². The van der Waals surface area contributed by atoms with Crippen LogP contribution in [0.15, 0.2) is 57.8 Å². The number of anilines is 1. The van der Waals surface area contributed by atoms with Crippen LogP contribution in [0.1, 0.15) is 18.1 Å². The van der Waals surface area contributed by atoms with Crippen LogP contribution in [0, 0.1) is 19.7 Å². The van der Waals surface area contributed by atoms with Crippen LogP contribution in [0.2, 0.25) is 0 Å². The molecule has 0 spiro atoms. The Hall–Kier alpha value is -2.97. The van der Waals surface area contributed by atoms with Crippen molar-refractivity contribution >= 4 is 44.9 Å². The molecule has 4 rings (SSSR count). The predicted octanol–water partition coefficient (Wildman–Crippen LogP) is 5.63. The third-order valence-electron chi connectivity index (χ3n) is 5.11. The molecule has 0 atom stereocenters. The van der Waals surface area contributed by atoms with Gasteiger partial charge in [0.05, 0.1) is 11.3 Å². The SMILES string of the molecule is CCn1c(SCC(=O)Nc2ccc(C)c(F)c2)nc2c(-c3ccc(C)cc3)csc2c1=O. The molecule has 4 aromatic rings. The lowest BCUT2D eigenvalue weighted by molar-refractivity contribution is -0.113. The third kappa shape index (κ3) is 4.47. The van der Waals surface area contributed by atoms with Crippen molar-refractivity contribution < 1.29 is 9.18 Å². The minimum atomic E-state index is -0.372. The number of aromatic nitrogens is 2. The quantitative estimate of drug-likeness (QED) is 0.295. The van der Waals surface area contributed by atoms with Crippen molar-refractivity contribution in [1.82, 2.24) is 9.55 Å². The summed E-state index contributed by atoms with van der Waals surface area (Å²) in [7, 11) is 0. The van der Waals surface area contributed by atoms with Crippen molar-refractivity contribution in [2.75, 3.05) is 11.1 Å². The van der Waals surface area contributed by atoms with Crippen LogP contribution < -0.4 is 10.9 Å². The number of fused-ring (bicyclic) bond motifs is 1. The molecule has 1 N–H and O–H groups in total. The van der Waals surface area contributed by atoms with Gasteiger partial charge in [0.25, 0.3) is 5.56 Å². The number of nitrogens with one attached hydrogen (secondary N) is 1. The second-order valence-electron chi connectivity index (χ2n) is 7.44. The average molecular weight is 468 g/mol. The van der Waals surface area contributed by atoms with E-state index in [1.807, 2.05) is 43.5 Å². The highest BCUT2D eigenvalue weighted by Gasteiger charge is 2.17. The van der Waals surface area contributed by atoms with E-state index in [0.29, 0.717) is 33.2 Å². The molecular weight excluding hydrogens is 445 g/mol. The summed E-state index contributed by atoms with van der Waals surface area (Å²) in [6.45, 7) is 6.02. The molecule has 0 fully saturated rings. The Bertz CT molecular complexity index is 1360. The Kier molecular flexibility index (Phi) is 6.43. The fourth-order valence-corrected chi connectivity index (χ4v) is 5.12. The fourth-order valence-electron chi connectivity index (χ4n) is 3.30. The lowest BCUT2D eigenvalue weighted by atomic mass is 10.1. The second-order valence-corrected chi connectivity index (χ2v) is 9.26. The average Bonchev–Trinajstić information content (AvgIpc) is 3.20. The maximum absolute atomic E-state index is 13.7. The normalized spacial score (nSPS) is 11.1. The first kappa shape index (κ1) is 22.2. The van der Waals surface area contributed by atoms with E-state index in [9.17, 15) is 14.0 Å². The lowest BCUT2D eigenvalue weighted by Crippen LogP contribution is -2.23. The molecule has 0 saturated carbocycles. The van der Waals surface area contributed by atoms with Crippen molar-refractivity contribution in [3.8, 4) is 11.1 Å². The van der Waals surface area contributed by atoms with E-state index in [-0.39, 0.29) is 23.0 Å². The van der Waals surface area contributed by atoms with Gasteiger partial charge in [-0.1, -0.05) is 47.7 Å². The van der Waals surface area contributed by atoms with Gasteiger partial charge >= 0.3 is 0 Å². The maximum Gasteiger partial charge on any atom is 0.272 e. The summed E-state index contributed by atoms with van der Waals surface area (Å²) < 4.78 is 15.9. The fraction of sp³-hybridized carbons (Fsp3) is 0.208. The van der Waals surface area contributed by atoms with Gasteiger partial charge < -0.3 is 5.32 Å². The summed E-state index contributed by atoms with van der Waals surface area (Å²) in [6, 6.07) is 12.7. The number of aryl methyl sites for hydroxylation is 2. The van der Waals surface area contributed by atoms with Crippen molar-refractivity contribution in [2.24, 2.45) is 0 Å². The minimum absolute atomic E-state index is 0.0530. The van der Waals surface area contributed by atoms with Crippen LogP contribution in [0.5, 0.6) is 0 Å². The van der Waals surface area contributed by atoms with Gasteiger partial charge in [-0.25, -0.2) is 9.37 Å². The molecule has 164 valence electrons. The van der Waals surface area contributed by atoms with Gasteiger partial charge in [-0.3, -0.25) is 14.2 Å². The molecule has 0 saturated heterocycles. The Balaban J connectivity index is 1.61. The number of rotatable bonds is 6. The van der Waals surface area contributed by atoms with Crippen molar-refractivity contribution in [3.05, 3.63) is 75.1 Å². The monoisotopic (exact) mass is 467 g/mol. The van der Waals surface area contributed by atoms with E-state index in [0.717, 1.165) is 16.7 Å². The number of carbonyl (C=O) groups is 1. The van der Waals surface area contributed by atoms with Crippen molar-refractivity contribution in [2.45, 2.75) is 32.5 Å². The highest BCUT2D eigenvalue weighted by molar-refractivity contribution is 7.99. The summed E-state index contributed by atoms with van der Waals surface area (Å²) >= 11 is 2.58. The number of thiophene rings is 1. The molecule has 1 amide bonds. The minimum Gasteiger partial charge on any atom is -0.325 e. The molecule has 0 aliphatic heterocycles. The van der Waals surface area contributed by atoms with Gasteiger partial charge in [0.1, 0.15) is 10.5 Å². The number of thioether (sulfide) groups is 1. The van der Waals surface area contributed by atoms with Crippen LogP contribution in [0.4, 0.5) is 10.1 Å². The first-order chi connectivity index (χ1) is 15.4. The van der Waals surface area contributed by atoms with Gasteiger partial charge in [0.2, 0.25) is 5.91 Å². The molecule has 0 bridgehead atoms. The first-order valence-corrected chi connectivity index (χ1v) is 12.0. The highest BCUT2D eigenvalue weighted by Crippen LogP contribution is 2.32. The van der Waals surface area contributed by atoms with Gasteiger partial charge in [0, 0.05) is 23.2 Å². The van der Waals surface area contributed by atoms with Gasteiger partial charge in [0.15, 0.2) is 5.16 Å². The summed E-state index contributed by atoms with van der Waals surface area (Å²) in [4.78, 5) is 30.3. The Morgan fingerprint density at radius 2 is 1.94 bits per heavy atom. The van der Waals surface area contributed by atoms with Gasteiger partial charge in [-0.15, -0.1) is 11.3 Å². The third-order valence-corrected chi connectivity index (χ3v) is 7.04. The number of nitrogens with zero attached hydrogens (tertiary/aromatic N) is 2. The molecule has 32 heavy (non-hydrogen) atoms. The molecule has 0 aliphatic rings. The smallest absolute Gasteiger partial charge is 0.272 e. The second kappa shape index (κ2) is 9.26. The molecule has 0 aliphatic carbocycles. The van der Waals surface area contributed by atoms with E-state index >= 15 is 0 Å². The van der Waals surface area contributed by atoms with Gasteiger partial charge in [-0.2, -0.15) is 0 Å². The molecule has 0 unspecified atom stereocenters. The molecular formula is C24H22FN3O2S2. The summed E-state index contributed by atoms with van der Waals surface area (Å²) in [5.41, 5.74) is 4.52. The number of benzene rings is 2. The number of carbonyl (C=O) groups excluding carboxylic acids is 1.